The van der Waals surface area contributed by atoms with E-state index >= 15 is 0 Å². The number of β-amino-alcohol motifs (C(OH)–C–C–N with tert-alkyl or cyclic N) is 6. The minimum atomic E-state index is -1.39. The van der Waals surface area contributed by atoms with E-state index in [1.807, 2.05) is 0 Å². The van der Waals surface area contributed by atoms with Crippen molar-refractivity contribution in [3.63, 3.8) is 0 Å². The molecule has 54 nitrogen and oxygen atoms in total. The fraction of sp³-hybridized carbons (Fsp3) is 0.733. The highest BCUT2D eigenvalue weighted by Gasteiger charge is 2.55. The summed E-state index contributed by atoms with van der Waals surface area (Å²) >= 11 is 9.16. The van der Waals surface area contributed by atoms with Crippen molar-refractivity contribution in [2.24, 2.45) is 5.73 Å². The topological polar surface area (TPSA) is 711 Å². The van der Waals surface area contributed by atoms with Gasteiger partial charge >= 0.3 is 0 Å². The fourth-order valence-corrected chi connectivity index (χ4v) is 23.6. The lowest BCUT2D eigenvalue weighted by molar-refractivity contribution is -0.148. The largest absolute Gasteiger partial charge is 0.391 e. The van der Waals surface area contributed by atoms with E-state index in [4.69, 9.17) is 5.73 Å². The number of carbonyl (C=O) groups is 24. The average molecular weight is 2090 g/mol. The van der Waals surface area contributed by atoms with Crippen LogP contribution >= 0.6 is 25.3 Å². The predicted molar refractivity (Wildman–Crippen MR) is 503 cm³/mol. The van der Waals surface area contributed by atoms with E-state index in [-0.39, 0.29) is 188 Å². The van der Waals surface area contributed by atoms with Crippen LogP contribution in [0.3, 0.4) is 0 Å². The lowest BCUT2D eigenvalue weighted by atomic mass is 10.1. The summed E-state index contributed by atoms with van der Waals surface area (Å²) < 4.78 is 0. The molecule has 22 atom stereocenters. The SMILES string of the molecule is CC(=O)NCC(=O)N1CCC[C@H]1C(=O)N1CC(O)C[C@H]1C(=O)NCC(=O)N1CCC[C@H]1C(=O)N1CC(O)C[C@H]1C(=O)NCC(=O)N1C[C@@H](S)C[C@H]1C(=O)N1CC(O)C[C@H]1C(=O)NCC(=O)N1CCC[C@H]1C(=O)N1CC(O)C[C@H]1C(=O)[15NH]CC(=O)N1CCC[C@H]1C(=O)N1C[C@@H](S)C[C@H]1C(=O)NCC(=O)N1CCC[C@H]1C(=O)N1CC(O)C[C@H]1C(=O)NCC(=O)N1CCC[C@H]1C(=O)N1CC(O)C[C@H]1C(=O)NCC(=O)NCC(N)=O. The molecule has 0 radical (unpaired) electrons. The quantitative estimate of drug-likeness (QED) is 0.0220. The van der Waals surface area contributed by atoms with Crippen molar-refractivity contribution in [2.45, 2.75) is 267 Å². The Kier molecular flexibility index (Phi) is 35.8. The molecule has 0 aromatic rings. The number of aliphatic hydroxyl groups is 6. The van der Waals surface area contributed by atoms with Crippen LogP contribution in [0.15, 0.2) is 0 Å². The first-order chi connectivity index (χ1) is 69.4. The van der Waals surface area contributed by atoms with Crippen LogP contribution in [-0.2, 0) is 115 Å². The lowest BCUT2D eigenvalue weighted by Crippen LogP contribution is -2.57. The monoisotopic (exact) mass is 2090 g/mol. The first-order valence-corrected chi connectivity index (χ1v) is 50.9. The van der Waals surface area contributed by atoms with Crippen LogP contribution in [0.25, 0.3) is 0 Å². The standard InChI is InChI=1S/C90H130N24O30S2/c1-45(115)92-30-70(124)101-14-2-8-54(101)84(138)109-38-47(117)21-61(109)78(132)95-32-72(126)103-16-5-11-57(103)88(142)112-41-50(120)24-64(112)81(135)100-36-76(130)107-43-53(146)27-67(107)90(144)113-42-51(121)25-65(113)82(136)98-33-73(127)104-17-4-10-56(104)86(140)110-39-49(119)23-63(110)80(134)97-34-74(128)106-19-7-13-59(106)89(143)114-44-52(145)26-66(114)83(137)99-35-75(129)105-18-6-12-58(105)87(141)111-40-48(118)22-62(111)79(133)96-31-71(125)102-15-3-9-55(102)85(139)108-37-46(116)20-60(108)77(131)94-29-69(123)93-28-68(91)122/h46-67,116-121,145-146H,2-44H2,1H3,(H2,91,122)(H,92,115)(H,93,123)(H,94,131)(H,95,132)(H,96,133)(H,97,134)(H,98,136)(H,99,137)(H,100,135)/t46?,47?,48?,49?,50?,51?,52-,53-,54-,55-,56-,57-,58-,59-,60-,61-,62-,63-,64-,65-,66-,67-/m0/s1/i97+1. The van der Waals surface area contributed by atoms with Crippen molar-refractivity contribution < 1.29 is 146 Å². The Bertz CT molecular complexity index is 5120. The summed E-state index contributed by atoms with van der Waals surface area (Å²) in [6.45, 7) is -5.67. The third-order valence-electron chi connectivity index (χ3n) is 29.9. The fourth-order valence-electron chi connectivity index (χ4n) is 22.9. The maximum absolute atomic E-state index is 14.6. The minimum absolute atomic E-state index is 0.0180. The van der Waals surface area contributed by atoms with Crippen LogP contribution < -0.4 is 53.6 Å². The second-order valence-electron chi connectivity index (χ2n) is 39.9. The van der Waals surface area contributed by atoms with Crippen LogP contribution in [0.4, 0.5) is 0 Å². The molecule has 0 bridgehead atoms. The van der Waals surface area contributed by atoms with Gasteiger partial charge in [0.2, 0.25) is 142 Å². The van der Waals surface area contributed by atoms with E-state index in [1.165, 1.54) is 41.2 Å². The first kappa shape index (κ1) is 109. The molecule has 6 unspecified atom stereocenters. The molecule has 0 spiro atoms. The van der Waals surface area contributed by atoms with E-state index < -0.39 is 326 Å². The van der Waals surface area contributed by atoms with Crippen LogP contribution in [-0.4, -0.2) is 523 Å². The molecule has 0 aromatic carbocycles. The van der Waals surface area contributed by atoms with Gasteiger partial charge in [0.05, 0.1) is 95.5 Å². The number of likely N-dealkylation sites (tertiary alicyclic amines) is 14. The Hall–Kier alpha value is -12.3. The van der Waals surface area contributed by atoms with Gasteiger partial charge in [-0.3, -0.25) is 115 Å². The van der Waals surface area contributed by atoms with Crippen LogP contribution in [0, 0.1) is 0 Å². The Morgan fingerprint density at radius 1 is 0.226 bits per heavy atom. The van der Waals surface area contributed by atoms with Gasteiger partial charge in [0.15, 0.2) is 0 Å². The number of primary amides is 1. The number of aliphatic hydroxyl groups excluding tert-OH is 6. The number of amides is 24. The van der Waals surface area contributed by atoms with E-state index in [1.54, 1.807) is 0 Å². The Morgan fingerprint density at radius 2 is 0.411 bits per heavy atom. The highest BCUT2D eigenvalue weighted by molar-refractivity contribution is 7.81. The van der Waals surface area contributed by atoms with Gasteiger partial charge in [0.1, 0.15) is 84.6 Å². The van der Waals surface area contributed by atoms with Gasteiger partial charge in [-0.1, -0.05) is 0 Å². The minimum Gasteiger partial charge on any atom is -0.391 e. The number of hydrogen-bond acceptors (Lipinski definition) is 32. The number of nitrogens with two attached hydrogens (primary N) is 1. The zero-order chi connectivity index (χ0) is 105. The van der Waals surface area contributed by atoms with E-state index in [2.05, 4.69) is 73.1 Å². The summed E-state index contributed by atoms with van der Waals surface area (Å²) in [5.74, 6) is -17.3. The zero-order valence-corrected chi connectivity index (χ0v) is 82.6. The van der Waals surface area contributed by atoms with Gasteiger partial charge in [0, 0.05) is 148 Å². The molecular weight excluding hydrogens is 1960 g/mol. The molecule has 24 amide bonds. The van der Waals surface area contributed by atoms with Gasteiger partial charge in [-0.2, -0.15) is 25.3 Å². The molecule has 14 fully saturated rings. The molecule has 802 valence electrons. The normalized spacial score (nSPS) is 30.0. The van der Waals surface area contributed by atoms with Gasteiger partial charge in [-0.05, 0) is 89.9 Å². The second kappa shape index (κ2) is 47.7. The van der Waals surface area contributed by atoms with Crippen molar-refractivity contribution in [3.8, 4) is 0 Å². The van der Waals surface area contributed by atoms with Crippen LogP contribution in [0.2, 0.25) is 0 Å². The van der Waals surface area contributed by atoms with Gasteiger partial charge in [-0.25, -0.2) is 0 Å². The maximum Gasteiger partial charge on any atom is 0.246 e. The van der Waals surface area contributed by atoms with Crippen molar-refractivity contribution in [1.29, 1.82) is 0 Å². The Morgan fingerprint density at radius 3 is 0.637 bits per heavy atom. The van der Waals surface area contributed by atoms with Crippen molar-refractivity contribution in [2.75, 3.05) is 151 Å². The summed E-state index contributed by atoms with van der Waals surface area (Å²) in [5, 5.41) is 85.9. The predicted octanol–water partition coefficient (Wildman–Crippen LogP) is -14.9. The summed E-state index contributed by atoms with van der Waals surface area (Å²) in [5.41, 5.74) is 5.05. The number of nitrogens with one attached hydrogen (secondary N) is 9. The lowest BCUT2D eigenvalue weighted by Gasteiger charge is -2.32. The van der Waals surface area contributed by atoms with E-state index in [9.17, 15) is 146 Å². The molecule has 56 heteroatoms. The maximum atomic E-state index is 14.6. The van der Waals surface area contributed by atoms with Crippen LogP contribution in [0.1, 0.15) is 135 Å². The van der Waals surface area contributed by atoms with Gasteiger partial charge < -0.3 is 153 Å². The molecular formula is C90H130N24O30S2. The summed E-state index contributed by atoms with van der Waals surface area (Å²) in [4.78, 5) is 346. The van der Waals surface area contributed by atoms with Crippen LogP contribution in [0.5, 0.6) is 0 Å². The third kappa shape index (κ3) is 24.9. The molecule has 14 aliphatic rings. The van der Waals surface area contributed by atoms with E-state index in [0.717, 1.165) is 34.3 Å². The summed E-state index contributed by atoms with van der Waals surface area (Å²) in [6, 6.07) is -17.0. The number of thiol groups is 2. The van der Waals surface area contributed by atoms with E-state index in [0.29, 0.717) is 38.5 Å². The number of hydrogen-bond donors (Lipinski definition) is 18. The van der Waals surface area contributed by atoms with Gasteiger partial charge in [-0.15, -0.1) is 0 Å². The van der Waals surface area contributed by atoms with Crippen molar-refractivity contribution >= 4 is 167 Å². The zero-order valence-electron chi connectivity index (χ0n) is 80.8. The number of carbonyl (C=O) groups excluding carboxylic acids is 24. The molecule has 14 rings (SSSR count). The van der Waals surface area contributed by atoms with Crippen molar-refractivity contribution in [1.82, 2.24) is 116 Å². The number of nitrogens with zero attached hydrogens (tertiary/aromatic N) is 14. The molecule has 0 aromatic heterocycles. The highest BCUT2D eigenvalue weighted by Crippen LogP contribution is 2.36. The van der Waals surface area contributed by atoms with Crippen molar-refractivity contribution in [3.05, 3.63) is 0 Å². The first-order valence-electron chi connectivity index (χ1n) is 49.8. The Labute approximate surface area is 848 Å². The molecule has 14 heterocycles. The molecule has 17 N–H and O–H groups in total. The Balaban J connectivity index is 0.507. The highest BCUT2D eigenvalue weighted by atomic mass is 32.1. The second-order valence-corrected chi connectivity index (χ2v) is 41.3. The molecule has 14 aliphatic heterocycles. The van der Waals surface area contributed by atoms with Gasteiger partial charge in [0.25, 0.3) is 0 Å². The summed E-state index contributed by atoms with van der Waals surface area (Å²) in [6.07, 6.45) is -5.42. The average Bonchev–Trinajstić information content (AvgIpc) is 1.66. The molecule has 0 aliphatic carbocycles. The summed E-state index contributed by atoms with van der Waals surface area (Å²) in [7, 11) is 0. The number of rotatable bonds is 32. The molecule has 0 saturated carbocycles. The molecule has 146 heavy (non-hydrogen) atoms. The molecule has 14 saturated heterocycles. The smallest absolute Gasteiger partial charge is 0.246 e. The third-order valence-corrected chi connectivity index (χ3v) is 30.7.